The van der Waals surface area contributed by atoms with Crippen molar-refractivity contribution in [1.82, 2.24) is 4.98 Å². The van der Waals surface area contributed by atoms with Gasteiger partial charge in [0.2, 0.25) is 5.91 Å². The molecule has 5 rings (SSSR count). The van der Waals surface area contributed by atoms with Gasteiger partial charge in [-0.1, -0.05) is 36.4 Å². The fourth-order valence-electron chi connectivity index (χ4n) is 3.54. The Balaban J connectivity index is 1.39. The maximum absolute atomic E-state index is 12.7. The van der Waals surface area contributed by atoms with E-state index in [2.05, 4.69) is 10.3 Å². The molecule has 148 valence electrons. The van der Waals surface area contributed by atoms with Crippen LogP contribution < -0.4 is 10.1 Å². The lowest BCUT2D eigenvalue weighted by atomic mass is 10.1. The first-order valence-electron chi connectivity index (χ1n) is 9.48. The van der Waals surface area contributed by atoms with Crippen LogP contribution in [0.15, 0.2) is 82.2 Å². The average molecular weight is 414 g/mol. The molecule has 0 bridgehead atoms. The fraction of sp³-hybridized carbons (Fsp3) is 0.0833. The number of methoxy groups -OCH3 is 1. The Kier molecular flexibility index (Phi) is 4.77. The highest BCUT2D eigenvalue weighted by Crippen LogP contribution is 2.36. The number of fused-ring (bicyclic) bond motifs is 4. The number of nitrogens with one attached hydrogen (secondary N) is 1. The number of hydrogen-bond donors (Lipinski definition) is 1. The van der Waals surface area contributed by atoms with Crippen LogP contribution in [-0.4, -0.2) is 23.8 Å². The Bertz CT molecular complexity index is 1390. The highest BCUT2D eigenvalue weighted by atomic mass is 32.2. The molecule has 1 N–H and O–H groups in total. The number of thioether (sulfide) groups is 1. The molecule has 0 saturated heterocycles. The Hall–Kier alpha value is -3.51. The van der Waals surface area contributed by atoms with Gasteiger partial charge in [-0.2, -0.15) is 0 Å². The topological polar surface area (TPSA) is 64.4 Å². The van der Waals surface area contributed by atoms with Crippen molar-refractivity contribution in [2.75, 3.05) is 18.2 Å². The summed E-state index contributed by atoms with van der Waals surface area (Å²) in [4.78, 5) is 18.1. The van der Waals surface area contributed by atoms with Crippen LogP contribution in [0.5, 0.6) is 5.75 Å². The van der Waals surface area contributed by atoms with Crippen molar-refractivity contribution in [3.63, 3.8) is 0 Å². The maximum Gasteiger partial charge on any atom is 0.234 e. The predicted octanol–water partition coefficient (Wildman–Crippen LogP) is 5.87. The van der Waals surface area contributed by atoms with Crippen LogP contribution >= 0.6 is 11.8 Å². The second-order valence-corrected chi connectivity index (χ2v) is 7.83. The van der Waals surface area contributed by atoms with E-state index < -0.39 is 0 Å². The molecule has 0 atom stereocenters. The minimum atomic E-state index is -0.116. The molecule has 3 aromatic carbocycles. The first-order valence-corrected chi connectivity index (χ1v) is 10.5. The van der Waals surface area contributed by atoms with E-state index in [-0.39, 0.29) is 11.7 Å². The Morgan fingerprint density at radius 2 is 1.80 bits per heavy atom. The summed E-state index contributed by atoms with van der Waals surface area (Å²) in [6, 6.07) is 21.4. The van der Waals surface area contributed by atoms with Crippen LogP contribution in [0.2, 0.25) is 0 Å². The maximum atomic E-state index is 12.7. The molecule has 0 spiro atoms. The second kappa shape index (κ2) is 7.72. The summed E-state index contributed by atoms with van der Waals surface area (Å²) >= 11 is 1.48. The second-order valence-electron chi connectivity index (χ2n) is 6.81. The molecule has 0 unspecified atom stereocenters. The third-order valence-corrected chi connectivity index (χ3v) is 6.01. The molecule has 5 nitrogen and oxygen atoms in total. The molecule has 0 aliphatic rings. The van der Waals surface area contributed by atoms with Crippen molar-refractivity contribution in [3.8, 4) is 5.75 Å². The number of ether oxygens (including phenoxy) is 1. The highest BCUT2D eigenvalue weighted by molar-refractivity contribution is 8.00. The number of aromatic nitrogens is 1. The van der Waals surface area contributed by atoms with Crippen molar-refractivity contribution in [2.45, 2.75) is 4.90 Å². The quantitative estimate of drug-likeness (QED) is 0.364. The number of furan rings is 1. The molecule has 0 saturated carbocycles. The normalized spacial score (nSPS) is 11.2. The first kappa shape index (κ1) is 18.5. The lowest BCUT2D eigenvalue weighted by Crippen LogP contribution is -2.14. The molecule has 1 amide bonds. The van der Waals surface area contributed by atoms with E-state index in [1.165, 1.54) is 11.8 Å². The number of carbonyl (C=O) groups is 1. The summed E-state index contributed by atoms with van der Waals surface area (Å²) < 4.78 is 11.5. The van der Waals surface area contributed by atoms with Crippen LogP contribution in [0.25, 0.3) is 32.8 Å². The summed E-state index contributed by atoms with van der Waals surface area (Å²) in [5.74, 6) is 0.756. The molecular weight excluding hydrogens is 396 g/mol. The van der Waals surface area contributed by atoms with Crippen molar-refractivity contribution in [2.24, 2.45) is 0 Å². The summed E-state index contributed by atoms with van der Waals surface area (Å²) in [6.07, 6.45) is 1.76. The highest BCUT2D eigenvalue weighted by Gasteiger charge is 2.14. The number of rotatable bonds is 5. The van der Waals surface area contributed by atoms with Gasteiger partial charge in [-0.25, -0.2) is 0 Å². The van der Waals surface area contributed by atoms with Gasteiger partial charge in [0.25, 0.3) is 0 Å². The van der Waals surface area contributed by atoms with Crippen LogP contribution in [0.4, 0.5) is 5.69 Å². The number of hydrogen-bond acceptors (Lipinski definition) is 5. The van der Waals surface area contributed by atoms with Crippen molar-refractivity contribution in [1.29, 1.82) is 0 Å². The van der Waals surface area contributed by atoms with Crippen LogP contribution in [0.3, 0.4) is 0 Å². The smallest absolute Gasteiger partial charge is 0.234 e. The average Bonchev–Trinajstić information content (AvgIpc) is 3.14. The summed E-state index contributed by atoms with van der Waals surface area (Å²) in [5.41, 5.74) is 3.02. The zero-order valence-corrected chi connectivity index (χ0v) is 17.0. The summed E-state index contributed by atoms with van der Waals surface area (Å²) in [6.45, 7) is 0. The van der Waals surface area contributed by atoms with Crippen molar-refractivity contribution >= 4 is 56.2 Å². The number of anilines is 1. The number of amides is 1. The van der Waals surface area contributed by atoms with E-state index in [9.17, 15) is 4.79 Å². The number of benzene rings is 3. The van der Waals surface area contributed by atoms with Gasteiger partial charge in [0, 0.05) is 33.3 Å². The largest absolute Gasteiger partial charge is 0.495 e. The molecular formula is C24H18N2O3S. The zero-order valence-electron chi connectivity index (χ0n) is 16.2. The first-order chi connectivity index (χ1) is 14.7. The van der Waals surface area contributed by atoms with Gasteiger partial charge in [0.15, 0.2) is 0 Å². The van der Waals surface area contributed by atoms with E-state index in [4.69, 9.17) is 9.15 Å². The summed E-state index contributed by atoms with van der Waals surface area (Å²) in [7, 11) is 1.59. The van der Waals surface area contributed by atoms with E-state index in [0.717, 1.165) is 32.2 Å². The standard InChI is InChI=1S/C24H18N2O3S/c1-28-22-12-17-15-6-3-5-9-20(15)29-21(17)13-19(22)26-24(27)14-30-23-10-11-25-18-8-4-2-7-16(18)23/h2-13H,14H2,1H3,(H,26,27). The minimum absolute atomic E-state index is 0.116. The molecule has 0 fully saturated rings. The van der Waals surface area contributed by atoms with Gasteiger partial charge in [-0.15, -0.1) is 11.8 Å². The van der Waals surface area contributed by atoms with E-state index in [1.807, 2.05) is 66.7 Å². The molecule has 2 heterocycles. The third kappa shape index (κ3) is 3.35. The SMILES string of the molecule is COc1cc2c(cc1NC(=O)CSc1ccnc3ccccc13)oc1ccccc12. The Morgan fingerprint density at radius 3 is 2.67 bits per heavy atom. The van der Waals surface area contributed by atoms with E-state index >= 15 is 0 Å². The molecule has 6 heteroatoms. The predicted molar refractivity (Wildman–Crippen MR) is 121 cm³/mol. The van der Waals surface area contributed by atoms with Crippen molar-refractivity contribution < 1.29 is 13.9 Å². The molecule has 0 radical (unpaired) electrons. The van der Waals surface area contributed by atoms with Crippen LogP contribution in [-0.2, 0) is 4.79 Å². The molecule has 5 aromatic rings. The minimum Gasteiger partial charge on any atom is -0.495 e. The lowest BCUT2D eigenvalue weighted by molar-refractivity contribution is -0.113. The molecule has 30 heavy (non-hydrogen) atoms. The van der Waals surface area contributed by atoms with Gasteiger partial charge in [-0.05, 0) is 24.3 Å². The number of carbonyl (C=O) groups excluding carboxylic acids is 1. The van der Waals surface area contributed by atoms with E-state index in [1.54, 1.807) is 13.3 Å². The molecule has 2 aromatic heterocycles. The summed E-state index contributed by atoms with van der Waals surface area (Å²) in [5, 5.41) is 5.97. The number of para-hydroxylation sites is 2. The number of pyridine rings is 1. The van der Waals surface area contributed by atoms with Crippen molar-refractivity contribution in [3.05, 3.63) is 72.9 Å². The van der Waals surface area contributed by atoms with Gasteiger partial charge in [-0.3, -0.25) is 9.78 Å². The molecule has 0 aliphatic carbocycles. The lowest BCUT2D eigenvalue weighted by Gasteiger charge is -2.11. The van der Waals surface area contributed by atoms with E-state index in [0.29, 0.717) is 17.0 Å². The Labute approximate surface area is 177 Å². The Morgan fingerprint density at radius 1 is 1.00 bits per heavy atom. The fourth-order valence-corrected chi connectivity index (χ4v) is 4.39. The van der Waals surface area contributed by atoms with Gasteiger partial charge in [0.1, 0.15) is 16.9 Å². The van der Waals surface area contributed by atoms with Gasteiger partial charge >= 0.3 is 0 Å². The zero-order chi connectivity index (χ0) is 20.5. The van der Waals surface area contributed by atoms with Crippen LogP contribution in [0, 0.1) is 0 Å². The monoisotopic (exact) mass is 414 g/mol. The third-order valence-electron chi connectivity index (χ3n) is 4.94. The molecule has 0 aliphatic heterocycles. The van der Waals surface area contributed by atoms with Gasteiger partial charge < -0.3 is 14.5 Å². The van der Waals surface area contributed by atoms with Gasteiger partial charge in [0.05, 0.1) is 24.1 Å². The van der Waals surface area contributed by atoms with Crippen LogP contribution in [0.1, 0.15) is 0 Å². The number of nitrogens with zero attached hydrogens (tertiary/aromatic N) is 1.